The third kappa shape index (κ3) is 12.5. The number of allylic oxidation sites excluding steroid dienone is 1. The predicted molar refractivity (Wildman–Crippen MR) is 207 cm³/mol. The fraction of sp³-hybridized carbons (Fsp3) is 0.854. The summed E-state index contributed by atoms with van der Waals surface area (Å²) in [7, 11) is 0. The molecule has 0 bridgehead atoms. The predicted octanol–water partition coefficient (Wildman–Crippen LogP) is -3.97. The lowest BCUT2D eigenvalue weighted by Crippen LogP contribution is -2.64. The fourth-order valence-electron chi connectivity index (χ4n) is 9.67. The van der Waals surface area contributed by atoms with Crippen LogP contribution in [0.2, 0.25) is 0 Å². The smallest absolute Gasteiger partial charge is 0.330 e. The Kier molecular flexibility index (Phi) is 17.5. The number of ether oxygens (including phenoxy) is 8. The van der Waals surface area contributed by atoms with E-state index in [4.69, 9.17) is 43.0 Å². The maximum Gasteiger partial charge on any atom is 0.330 e. The van der Waals surface area contributed by atoms with E-state index in [2.05, 4.69) is 0 Å². The number of aliphatic hydroxyl groups excluding tert-OH is 10. The van der Waals surface area contributed by atoms with Crippen LogP contribution in [0.15, 0.2) is 12.2 Å². The summed E-state index contributed by atoms with van der Waals surface area (Å²) in [5, 5.41) is 117. The molecule has 0 aromatic rings. The van der Waals surface area contributed by atoms with Crippen LogP contribution in [0.25, 0.3) is 0 Å². The van der Waals surface area contributed by atoms with Crippen LogP contribution in [0.5, 0.6) is 0 Å². The molecule has 64 heavy (non-hydrogen) atoms. The van der Waals surface area contributed by atoms with E-state index < -0.39 is 166 Å². The average Bonchev–Trinajstić information content (AvgIpc) is 3.23. The summed E-state index contributed by atoms with van der Waals surface area (Å²) in [6, 6.07) is 0. The van der Waals surface area contributed by atoms with E-state index >= 15 is 0 Å². The maximum atomic E-state index is 12.6. The van der Waals surface area contributed by atoms with E-state index in [1.165, 1.54) is 6.08 Å². The summed E-state index contributed by atoms with van der Waals surface area (Å²) in [6.45, 7) is -0.271. The number of hydrogen-bond acceptors (Lipinski definition) is 22. The summed E-state index contributed by atoms with van der Waals surface area (Å²) in [6.07, 6.45) is -22.6. The van der Waals surface area contributed by atoms with Crippen molar-refractivity contribution in [3.63, 3.8) is 0 Å². The van der Waals surface area contributed by atoms with Gasteiger partial charge in [-0.3, -0.25) is 14.4 Å². The minimum atomic E-state index is -1.89. The van der Waals surface area contributed by atoms with Gasteiger partial charge in [0.15, 0.2) is 18.7 Å². The number of fused-ring (bicyclic) bond motifs is 1. The number of aliphatic carboxylic acids is 1. The first-order valence-corrected chi connectivity index (χ1v) is 21.8. The zero-order chi connectivity index (χ0) is 46.6. The average molecular weight is 923 g/mol. The number of hydrogen-bond donors (Lipinski definition) is 11. The number of carboxylic acid groups (broad SMARTS) is 1. The van der Waals surface area contributed by atoms with E-state index in [9.17, 15) is 70.2 Å². The van der Waals surface area contributed by atoms with E-state index in [0.29, 0.717) is 25.7 Å². The van der Waals surface area contributed by atoms with Gasteiger partial charge in [0.1, 0.15) is 68.5 Å². The molecule has 0 spiro atoms. The van der Waals surface area contributed by atoms with Gasteiger partial charge in [0.2, 0.25) is 0 Å². The molecule has 3 aliphatic heterocycles. The molecular formula is C41H62O23. The molecule has 364 valence electrons. The second-order valence-electron chi connectivity index (χ2n) is 17.8. The Labute approximate surface area is 367 Å². The highest BCUT2D eigenvalue weighted by molar-refractivity contribution is 5.90. The third-order valence-electron chi connectivity index (χ3n) is 13.1. The Morgan fingerprint density at radius 2 is 1.23 bits per heavy atom. The van der Waals surface area contributed by atoms with Crippen molar-refractivity contribution in [1.82, 2.24) is 0 Å². The van der Waals surface area contributed by atoms with Gasteiger partial charge in [-0.25, -0.2) is 4.79 Å². The highest BCUT2D eigenvalue weighted by Crippen LogP contribution is 2.45. The number of rotatable bonds is 14. The van der Waals surface area contributed by atoms with Gasteiger partial charge in [0.05, 0.1) is 48.8 Å². The van der Waals surface area contributed by atoms with Gasteiger partial charge >= 0.3 is 23.9 Å². The van der Waals surface area contributed by atoms with Crippen molar-refractivity contribution in [3.05, 3.63) is 12.2 Å². The Hall–Kier alpha value is -2.98. The monoisotopic (exact) mass is 922 g/mol. The van der Waals surface area contributed by atoms with E-state index in [-0.39, 0.29) is 44.1 Å². The first kappa shape index (κ1) is 50.4. The van der Waals surface area contributed by atoms with Crippen LogP contribution in [0, 0.1) is 17.8 Å². The second-order valence-corrected chi connectivity index (χ2v) is 17.8. The third-order valence-corrected chi connectivity index (χ3v) is 13.1. The van der Waals surface area contributed by atoms with Crippen LogP contribution in [-0.4, -0.2) is 210 Å². The lowest BCUT2D eigenvalue weighted by molar-refractivity contribution is -0.345. The molecule has 6 rings (SSSR count). The second kappa shape index (κ2) is 22.2. The van der Waals surface area contributed by atoms with Crippen LogP contribution in [-0.2, 0) is 57.1 Å². The van der Waals surface area contributed by atoms with Crippen LogP contribution >= 0.6 is 0 Å². The molecule has 3 aliphatic carbocycles. The fourth-order valence-corrected chi connectivity index (χ4v) is 9.67. The van der Waals surface area contributed by atoms with Crippen LogP contribution in [0.1, 0.15) is 71.1 Å². The summed E-state index contributed by atoms with van der Waals surface area (Å²) >= 11 is 0. The number of carbonyl (C=O) groups excluding carboxylic acids is 3. The molecule has 6 aliphatic rings. The standard InChI is InChI=1S/C41H62O23/c1-16(42)59-39-28(15-58-31(50)13-29(47)48)64-41(37(56)35(39)54)61-25-11-20(44)10-24-21(25)12-26(38(60-24)18-8-22(45)32(51)23(46)9-18)62-40-36(55)34(53)33(52)27(63-40)14-57-30(49)7-4-17-2-5-19(43)6-3-17/h4,7,17-28,32-41,43-46,51-56H,2-3,5-6,8-15H2,1H3,(H,47,48). The topological polar surface area (TPSA) is 365 Å². The number of aliphatic hydroxyl groups is 10. The zero-order valence-electron chi connectivity index (χ0n) is 35.2. The van der Waals surface area contributed by atoms with E-state index in [0.717, 1.165) is 6.92 Å². The molecule has 18 atom stereocenters. The highest BCUT2D eigenvalue weighted by Gasteiger charge is 2.55. The normalized spacial score (nSPS) is 45.2. The van der Waals surface area contributed by atoms with Gasteiger partial charge in [0, 0.05) is 25.3 Å². The van der Waals surface area contributed by atoms with Gasteiger partial charge in [0.25, 0.3) is 0 Å². The number of carboxylic acids is 1. The van der Waals surface area contributed by atoms with Crippen molar-refractivity contribution in [2.45, 2.75) is 187 Å². The number of esters is 3. The van der Waals surface area contributed by atoms with Crippen LogP contribution < -0.4 is 0 Å². The van der Waals surface area contributed by atoms with Crippen LogP contribution in [0.4, 0.5) is 0 Å². The lowest BCUT2D eigenvalue weighted by atomic mass is 9.72. The summed E-state index contributed by atoms with van der Waals surface area (Å²) in [5.74, 6) is -5.70. The van der Waals surface area contributed by atoms with E-state index in [1.54, 1.807) is 6.08 Å². The molecule has 0 amide bonds. The molecule has 0 radical (unpaired) electrons. The molecular weight excluding hydrogens is 860 g/mol. The summed E-state index contributed by atoms with van der Waals surface area (Å²) in [4.78, 5) is 47.6. The highest BCUT2D eigenvalue weighted by atomic mass is 16.7. The Bertz CT molecular complexity index is 1590. The van der Waals surface area contributed by atoms with Gasteiger partial charge in [-0.2, -0.15) is 0 Å². The Morgan fingerprint density at radius 3 is 1.88 bits per heavy atom. The first-order valence-electron chi connectivity index (χ1n) is 21.8. The summed E-state index contributed by atoms with van der Waals surface area (Å²) in [5.41, 5.74) is 0. The van der Waals surface area contributed by atoms with Gasteiger partial charge in [-0.05, 0) is 63.2 Å². The van der Waals surface area contributed by atoms with Crippen molar-refractivity contribution >= 4 is 23.9 Å². The maximum absolute atomic E-state index is 12.6. The molecule has 3 heterocycles. The van der Waals surface area contributed by atoms with Crippen molar-refractivity contribution in [1.29, 1.82) is 0 Å². The molecule has 3 saturated carbocycles. The molecule has 11 N–H and O–H groups in total. The Morgan fingerprint density at radius 1 is 0.625 bits per heavy atom. The molecule has 6 fully saturated rings. The first-order chi connectivity index (χ1) is 30.3. The molecule has 3 saturated heterocycles. The quantitative estimate of drug-likeness (QED) is 0.0343. The molecule has 23 heteroatoms. The van der Waals surface area contributed by atoms with Crippen LogP contribution in [0.3, 0.4) is 0 Å². The van der Waals surface area contributed by atoms with Gasteiger partial charge in [-0.1, -0.05) is 6.08 Å². The van der Waals surface area contributed by atoms with Crippen molar-refractivity contribution in [3.8, 4) is 0 Å². The summed E-state index contributed by atoms with van der Waals surface area (Å²) < 4.78 is 46.4. The molecule has 0 aromatic carbocycles. The van der Waals surface area contributed by atoms with E-state index in [1.807, 2.05) is 0 Å². The minimum Gasteiger partial charge on any atom is -0.481 e. The van der Waals surface area contributed by atoms with Gasteiger partial charge < -0.3 is 94.1 Å². The zero-order valence-corrected chi connectivity index (χ0v) is 35.2. The Balaban J connectivity index is 1.19. The molecule has 18 unspecified atom stereocenters. The minimum absolute atomic E-state index is 0.0382. The SMILES string of the molecule is CC(=O)OC1C(COC(=O)CC(=O)O)OC(OC2CC(O)CC3OC(C4CC(O)C(O)C(O)C4)C(OC4OC(COC(=O)C=CC5CCC(O)CC5)C(O)C(O)C4O)CC23)C(O)C1O. The largest absolute Gasteiger partial charge is 0.481 e. The lowest BCUT2D eigenvalue weighted by Gasteiger charge is -2.53. The molecule has 23 nitrogen and oxygen atoms in total. The van der Waals surface area contributed by atoms with Crippen molar-refractivity contribution in [2.75, 3.05) is 13.2 Å². The van der Waals surface area contributed by atoms with Gasteiger partial charge in [-0.15, -0.1) is 0 Å². The van der Waals surface area contributed by atoms with Crippen molar-refractivity contribution < 1.29 is 113 Å². The number of carbonyl (C=O) groups is 4. The van der Waals surface area contributed by atoms with Crippen molar-refractivity contribution in [2.24, 2.45) is 17.8 Å². The molecule has 0 aromatic heterocycles.